The number of carbonyl (C=O) groups excluding carboxylic acids is 1. The van der Waals surface area contributed by atoms with Crippen LogP contribution in [0.5, 0.6) is 11.5 Å². The van der Waals surface area contributed by atoms with Crippen LogP contribution in [0.3, 0.4) is 0 Å². The normalized spacial score (nSPS) is 14.8. The third kappa shape index (κ3) is 6.35. The maximum absolute atomic E-state index is 12.7. The molecule has 9 heteroatoms. The number of methoxy groups -OCH3 is 1. The van der Waals surface area contributed by atoms with Crippen molar-refractivity contribution in [3.63, 3.8) is 0 Å². The van der Waals surface area contributed by atoms with Crippen LogP contribution in [0.4, 0.5) is 5.69 Å². The van der Waals surface area contributed by atoms with Crippen LogP contribution in [0, 0.1) is 0 Å². The number of ether oxygens (including phenoxy) is 2. The average Bonchev–Trinajstić information content (AvgIpc) is 2.92. The van der Waals surface area contributed by atoms with E-state index in [0.29, 0.717) is 18.8 Å². The van der Waals surface area contributed by atoms with E-state index in [9.17, 15) is 13.2 Å². The first-order valence-corrected chi connectivity index (χ1v) is 13.3. The summed E-state index contributed by atoms with van der Waals surface area (Å²) in [6.45, 7) is 4.39. The topological polar surface area (TPSA) is 88.2 Å². The smallest absolute Gasteiger partial charge is 0.260 e. The number of anilines is 1. The van der Waals surface area contributed by atoms with E-state index in [1.165, 1.54) is 12.1 Å². The molecular weight excluding hydrogens is 478 g/mol. The summed E-state index contributed by atoms with van der Waals surface area (Å²) in [6, 6.07) is 23.0. The minimum Gasteiger partial charge on any atom is -0.497 e. The first kappa shape index (κ1) is 25.5. The molecule has 1 N–H and O–H groups in total. The van der Waals surface area contributed by atoms with Gasteiger partial charge in [-0.2, -0.15) is 0 Å². The maximum atomic E-state index is 12.7. The number of hydrogen-bond acceptors (Lipinski definition) is 6. The Hall–Kier alpha value is -3.56. The van der Waals surface area contributed by atoms with Crippen LogP contribution in [-0.4, -0.2) is 59.1 Å². The van der Waals surface area contributed by atoms with Crippen molar-refractivity contribution in [2.75, 3.05) is 44.8 Å². The summed E-state index contributed by atoms with van der Waals surface area (Å²) in [7, 11) is -2.06. The lowest BCUT2D eigenvalue weighted by atomic mass is 10.1. The molecule has 190 valence electrons. The summed E-state index contributed by atoms with van der Waals surface area (Å²) in [5, 5.41) is 0. The van der Waals surface area contributed by atoms with Crippen molar-refractivity contribution < 1.29 is 22.7 Å². The molecule has 1 aliphatic rings. The number of rotatable bonds is 9. The molecule has 4 rings (SSSR count). The van der Waals surface area contributed by atoms with Gasteiger partial charge in [0.05, 0.1) is 12.0 Å². The Balaban J connectivity index is 1.26. The van der Waals surface area contributed by atoms with Crippen molar-refractivity contribution in [1.29, 1.82) is 0 Å². The zero-order valence-corrected chi connectivity index (χ0v) is 21.3. The largest absolute Gasteiger partial charge is 0.497 e. The standard InChI is InChI=1S/C27H31N3O5S/c1-21(22-6-4-3-5-7-22)28-36(32,33)26-14-12-25(13-15-26)35-20-27(31)30-18-16-29(17-19-30)23-8-10-24(34-2)11-9-23/h3-15,21,28H,16-20H2,1-2H3/t21-/m1/s1. The van der Waals surface area contributed by atoms with Crippen molar-refractivity contribution in [2.24, 2.45) is 0 Å². The van der Waals surface area contributed by atoms with Gasteiger partial charge < -0.3 is 19.3 Å². The molecule has 1 fully saturated rings. The van der Waals surface area contributed by atoms with E-state index < -0.39 is 10.0 Å². The Kier molecular flexibility index (Phi) is 8.12. The van der Waals surface area contributed by atoms with E-state index in [-0.39, 0.29) is 23.5 Å². The number of benzene rings is 3. The van der Waals surface area contributed by atoms with Crippen molar-refractivity contribution in [1.82, 2.24) is 9.62 Å². The van der Waals surface area contributed by atoms with E-state index >= 15 is 0 Å². The van der Waals surface area contributed by atoms with Gasteiger partial charge in [0.1, 0.15) is 11.5 Å². The van der Waals surface area contributed by atoms with Crippen LogP contribution < -0.4 is 19.1 Å². The zero-order valence-electron chi connectivity index (χ0n) is 20.5. The maximum Gasteiger partial charge on any atom is 0.260 e. The van der Waals surface area contributed by atoms with Crippen LogP contribution >= 0.6 is 0 Å². The van der Waals surface area contributed by atoms with Crippen LogP contribution in [0.2, 0.25) is 0 Å². The van der Waals surface area contributed by atoms with Gasteiger partial charge in [0.2, 0.25) is 10.0 Å². The van der Waals surface area contributed by atoms with Gasteiger partial charge in [-0.25, -0.2) is 13.1 Å². The summed E-state index contributed by atoms with van der Waals surface area (Å²) >= 11 is 0. The highest BCUT2D eigenvalue weighted by Gasteiger charge is 2.22. The molecule has 36 heavy (non-hydrogen) atoms. The summed E-state index contributed by atoms with van der Waals surface area (Å²) in [5.41, 5.74) is 1.98. The van der Waals surface area contributed by atoms with Crippen molar-refractivity contribution in [3.05, 3.63) is 84.4 Å². The second kappa shape index (κ2) is 11.5. The molecule has 0 saturated carbocycles. The number of carbonyl (C=O) groups is 1. The van der Waals surface area contributed by atoms with Gasteiger partial charge in [0, 0.05) is 37.9 Å². The number of nitrogens with one attached hydrogen (secondary N) is 1. The zero-order chi connectivity index (χ0) is 25.5. The Morgan fingerprint density at radius 2 is 1.50 bits per heavy atom. The van der Waals surface area contributed by atoms with Gasteiger partial charge in [-0.05, 0) is 61.0 Å². The molecule has 0 radical (unpaired) electrons. The Morgan fingerprint density at radius 3 is 2.11 bits per heavy atom. The minimum absolute atomic E-state index is 0.0977. The highest BCUT2D eigenvalue weighted by molar-refractivity contribution is 7.89. The highest BCUT2D eigenvalue weighted by Crippen LogP contribution is 2.22. The number of sulfonamides is 1. The lowest BCUT2D eigenvalue weighted by molar-refractivity contribution is -0.133. The highest BCUT2D eigenvalue weighted by atomic mass is 32.2. The molecular formula is C27H31N3O5S. The van der Waals surface area contributed by atoms with Gasteiger partial charge in [-0.3, -0.25) is 4.79 Å². The van der Waals surface area contributed by atoms with Crippen LogP contribution in [0.25, 0.3) is 0 Å². The van der Waals surface area contributed by atoms with Crippen molar-refractivity contribution in [2.45, 2.75) is 17.9 Å². The molecule has 0 aliphatic carbocycles. The molecule has 3 aromatic rings. The first-order chi connectivity index (χ1) is 17.4. The van der Waals surface area contributed by atoms with Crippen molar-refractivity contribution >= 4 is 21.6 Å². The molecule has 1 saturated heterocycles. The average molecular weight is 510 g/mol. The fraction of sp³-hybridized carbons (Fsp3) is 0.296. The van der Waals surface area contributed by atoms with Gasteiger partial charge in [0.15, 0.2) is 6.61 Å². The lowest BCUT2D eigenvalue weighted by Gasteiger charge is -2.36. The summed E-state index contributed by atoms with van der Waals surface area (Å²) in [5.74, 6) is 1.16. The van der Waals surface area contributed by atoms with Gasteiger partial charge >= 0.3 is 0 Å². The van der Waals surface area contributed by atoms with Crippen molar-refractivity contribution in [3.8, 4) is 11.5 Å². The van der Waals surface area contributed by atoms with E-state index in [2.05, 4.69) is 9.62 Å². The number of piperazine rings is 1. The molecule has 0 aromatic heterocycles. The molecule has 3 aromatic carbocycles. The van der Waals surface area contributed by atoms with E-state index in [4.69, 9.17) is 9.47 Å². The van der Waals surface area contributed by atoms with Crippen LogP contribution in [0.15, 0.2) is 83.8 Å². The number of nitrogens with zero attached hydrogens (tertiary/aromatic N) is 2. The molecule has 0 unspecified atom stereocenters. The summed E-state index contributed by atoms with van der Waals surface area (Å²) in [6.07, 6.45) is 0. The monoisotopic (exact) mass is 509 g/mol. The Labute approximate surface area is 212 Å². The SMILES string of the molecule is COc1ccc(N2CCN(C(=O)COc3ccc(S(=O)(=O)N[C@H](C)c4ccccc4)cc3)CC2)cc1. The van der Waals surface area contributed by atoms with Gasteiger partial charge in [0.25, 0.3) is 5.91 Å². The van der Waals surface area contributed by atoms with Gasteiger partial charge in [-0.15, -0.1) is 0 Å². The molecule has 1 amide bonds. The van der Waals surface area contributed by atoms with E-state index in [1.807, 2.05) is 54.6 Å². The molecule has 1 heterocycles. The Morgan fingerprint density at radius 1 is 0.889 bits per heavy atom. The summed E-state index contributed by atoms with van der Waals surface area (Å²) in [4.78, 5) is 16.8. The second-order valence-corrected chi connectivity index (χ2v) is 10.3. The van der Waals surface area contributed by atoms with Crippen LogP contribution in [-0.2, 0) is 14.8 Å². The molecule has 1 aliphatic heterocycles. The quantitative estimate of drug-likeness (QED) is 0.475. The second-order valence-electron chi connectivity index (χ2n) is 8.58. The number of amides is 1. The van der Waals surface area contributed by atoms with E-state index in [1.54, 1.807) is 31.1 Å². The van der Waals surface area contributed by atoms with Gasteiger partial charge in [-0.1, -0.05) is 30.3 Å². The predicted molar refractivity (Wildman–Crippen MR) is 139 cm³/mol. The predicted octanol–water partition coefficient (Wildman–Crippen LogP) is 3.46. The molecule has 0 spiro atoms. The van der Waals surface area contributed by atoms with Crippen LogP contribution in [0.1, 0.15) is 18.5 Å². The Bertz CT molecular complexity index is 1240. The van der Waals surface area contributed by atoms with E-state index in [0.717, 1.165) is 30.1 Å². The third-order valence-electron chi connectivity index (χ3n) is 6.20. The summed E-state index contributed by atoms with van der Waals surface area (Å²) < 4.78 is 39.0. The fourth-order valence-corrected chi connectivity index (χ4v) is 5.30. The molecule has 1 atom stereocenters. The first-order valence-electron chi connectivity index (χ1n) is 11.8. The number of hydrogen-bond donors (Lipinski definition) is 1. The fourth-order valence-electron chi connectivity index (χ4n) is 4.07. The lowest BCUT2D eigenvalue weighted by Crippen LogP contribution is -2.50. The third-order valence-corrected chi connectivity index (χ3v) is 7.75. The molecule has 8 nitrogen and oxygen atoms in total. The molecule has 0 bridgehead atoms. The minimum atomic E-state index is -3.70.